The van der Waals surface area contributed by atoms with Gasteiger partial charge >= 0.3 is 5.97 Å². The number of hydrogen-bond donors (Lipinski definition) is 1. The highest BCUT2D eigenvalue weighted by Gasteiger charge is 2.23. The van der Waals surface area contributed by atoms with Gasteiger partial charge in [-0.25, -0.2) is 4.79 Å². The van der Waals surface area contributed by atoms with E-state index in [0.717, 1.165) is 29.2 Å². The molecule has 5 heteroatoms. The lowest BCUT2D eigenvalue weighted by Gasteiger charge is -2.20. The molecule has 0 aliphatic heterocycles. The van der Waals surface area contributed by atoms with Crippen LogP contribution >= 0.6 is 0 Å². The molecule has 25 heavy (non-hydrogen) atoms. The maximum absolute atomic E-state index is 11.3. The molecule has 134 valence electrons. The summed E-state index contributed by atoms with van der Waals surface area (Å²) >= 11 is 0. The van der Waals surface area contributed by atoms with E-state index in [0.29, 0.717) is 22.8 Å². The van der Waals surface area contributed by atoms with E-state index in [1.54, 1.807) is 27.2 Å². The van der Waals surface area contributed by atoms with Crippen molar-refractivity contribution in [3.8, 4) is 17.2 Å². The van der Waals surface area contributed by atoms with E-state index in [2.05, 4.69) is 13.0 Å². The van der Waals surface area contributed by atoms with Gasteiger partial charge in [0.25, 0.3) is 0 Å². The van der Waals surface area contributed by atoms with Gasteiger partial charge in [-0.3, -0.25) is 0 Å². The molecule has 0 spiro atoms. The maximum Gasteiger partial charge on any atom is 0.331 e. The SMILES string of the molecule is CCCc1cccc2c(C=C(C)C(=O)O)c(OC)c(OC)c(OC)c12. The Kier molecular flexibility index (Phi) is 5.91. The van der Waals surface area contributed by atoms with Gasteiger partial charge in [-0.05, 0) is 30.4 Å². The van der Waals surface area contributed by atoms with E-state index in [9.17, 15) is 9.90 Å². The van der Waals surface area contributed by atoms with Crippen LogP contribution in [0.4, 0.5) is 0 Å². The smallest absolute Gasteiger partial charge is 0.331 e. The first kappa shape index (κ1) is 18.6. The Hall–Kier alpha value is -2.69. The predicted octanol–water partition coefficient (Wildman–Crippen LogP) is 4.31. The largest absolute Gasteiger partial charge is 0.492 e. The molecule has 2 aromatic carbocycles. The number of aryl methyl sites for hydroxylation is 1. The Bertz CT molecular complexity index is 821. The zero-order valence-corrected chi connectivity index (χ0v) is 15.3. The van der Waals surface area contributed by atoms with E-state index in [1.165, 1.54) is 7.11 Å². The summed E-state index contributed by atoms with van der Waals surface area (Å²) in [4.78, 5) is 11.3. The van der Waals surface area contributed by atoms with E-state index in [4.69, 9.17) is 14.2 Å². The summed E-state index contributed by atoms with van der Waals surface area (Å²) in [7, 11) is 4.68. The second kappa shape index (κ2) is 7.92. The molecule has 0 unspecified atom stereocenters. The average molecular weight is 344 g/mol. The van der Waals surface area contributed by atoms with Crippen LogP contribution in [0.3, 0.4) is 0 Å². The van der Waals surface area contributed by atoms with Crippen molar-refractivity contribution in [1.29, 1.82) is 0 Å². The van der Waals surface area contributed by atoms with Crippen LogP contribution in [-0.2, 0) is 11.2 Å². The summed E-state index contributed by atoms with van der Waals surface area (Å²) in [6.07, 6.45) is 3.47. The number of benzene rings is 2. The molecule has 2 aromatic rings. The number of methoxy groups -OCH3 is 3. The van der Waals surface area contributed by atoms with Crippen LogP contribution in [0, 0.1) is 0 Å². The van der Waals surface area contributed by atoms with Crippen LogP contribution in [0.2, 0.25) is 0 Å². The quantitative estimate of drug-likeness (QED) is 0.758. The van der Waals surface area contributed by atoms with Crippen LogP contribution in [0.15, 0.2) is 23.8 Å². The van der Waals surface area contributed by atoms with Gasteiger partial charge in [-0.1, -0.05) is 31.5 Å². The molecule has 0 amide bonds. The highest BCUT2D eigenvalue weighted by Crippen LogP contribution is 2.48. The van der Waals surface area contributed by atoms with Crippen LogP contribution in [0.5, 0.6) is 17.2 Å². The van der Waals surface area contributed by atoms with Crippen molar-refractivity contribution in [2.45, 2.75) is 26.7 Å². The fourth-order valence-corrected chi connectivity index (χ4v) is 3.04. The molecule has 1 N–H and O–H groups in total. The molecular weight excluding hydrogens is 320 g/mol. The van der Waals surface area contributed by atoms with Crippen LogP contribution in [0.1, 0.15) is 31.4 Å². The molecule has 0 aliphatic carbocycles. The fourth-order valence-electron chi connectivity index (χ4n) is 3.04. The minimum Gasteiger partial charge on any atom is -0.492 e. The summed E-state index contributed by atoms with van der Waals surface area (Å²) in [5, 5.41) is 11.1. The number of ether oxygens (including phenoxy) is 3. The summed E-state index contributed by atoms with van der Waals surface area (Å²) < 4.78 is 16.8. The summed E-state index contributed by atoms with van der Waals surface area (Å²) in [5.41, 5.74) is 2.01. The maximum atomic E-state index is 11.3. The van der Waals surface area contributed by atoms with E-state index >= 15 is 0 Å². The Labute approximate surface area is 147 Å². The molecule has 0 heterocycles. The van der Waals surface area contributed by atoms with Gasteiger partial charge in [-0.2, -0.15) is 0 Å². The number of carboxylic acids is 1. The molecule has 0 fully saturated rings. The Balaban J connectivity index is 3.02. The zero-order chi connectivity index (χ0) is 18.6. The molecule has 5 nitrogen and oxygen atoms in total. The van der Waals surface area contributed by atoms with Crippen LogP contribution in [0.25, 0.3) is 16.8 Å². The second-order valence-electron chi connectivity index (χ2n) is 5.74. The van der Waals surface area contributed by atoms with Crippen molar-refractivity contribution in [2.24, 2.45) is 0 Å². The highest BCUT2D eigenvalue weighted by molar-refractivity contribution is 6.04. The molecule has 0 atom stereocenters. The first-order valence-electron chi connectivity index (χ1n) is 8.15. The van der Waals surface area contributed by atoms with Gasteiger partial charge in [0.05, 0.1) is 21.3 Å². The highest BCUT2D eigenvalue weighted by atomic mass is 16.5. The number of carbonyl (C=O) groups is 1. The van der Waals surface area contributed by atoms with E-state index < -0.39 is 5.97 Å². The fraction of sp³-hybridized carbons (Fsp3) is 0.350. The van der Waals surface area contributed by atoms with Crippen LogP contribution < -0.4 is 14.2 Å². The van der Waals surface area contributed by atoms with Crippen molar-refractivity contribution in [1.82, 2.24) is 0 Å². The topological polar surface area (TPSA) is 65.0 Å². The van der Waals surface area contributed by atoms with Gasteiger partial charge in [0, 0.05) is 16.5 Å². The van der Waals surface area contributed by atoms with Crippen molar-refractivity contribution in [2.75, 3.05) is 21.3 Å². The van der Waals surface area contributed by atoms with Crippen molar-refractivity contribution in [3.05, 3.63) is 34.9 Å². The third-order valence-corrected chi connectivity index (χ3v) is 4.15. The molecule has 0 radical (unpaired) electrons. The number of aliphatic carboxylic acids is 1. The number of hydrogen-bond acceptors (Lipinski definition) is 4. The average Bonchev–Trinajstić information content (AvgIpc) is 2.61. The zero-order valence-electron chi connectivity index (χ0n) is 15.3. The van der Waals surface area contributed by atoms with Crippen molar-refractivity contribution < 1.29 is 24.1 Å². The molecular formula is C20H24O5. The Morgan fingerprint density at radius 1 is 1.08 bits per heavy atom. The normalized spacial score (nSPS) is 11.5. The first-order valence-corrected chi connectivity index (χ1v) is 8.15. The minimum atomic E-state index is -0.977. The lowest BCUT2D eigenvalue weighted by molar-refractivity contribution is -0.132. The molecule has 2 rings (SSSR count). The summed E-state index contributed by atoms with van der Waals surface area (Å²) in [6, 6.07) is 5.96. The van der Waals surface area contributed by atoms with E-state index in [-0.39, 0.29) is 5.57 Å². The van der Waals surface area contributed by atoms with Gasteiger partial charge in [0.1, 0.15) is 0 Å². The lowest BCUT2D eigenvalue weighted by Crippen LogP contribution is -2.02. The van der Waals surface area contributed by atoms with Crippen molar-refractivity contribution >= 4 is 22.8 Å². The Morgan fingerprint density at radius 2 is 1.72 bits per heavy atom. The molecule has 0 saturated heterocycles. The predicted molar refractivity (Wildman–Crippen MR) is 98.9 cm³/mol. The number of fused-ring (bicyclic) bond motifs is 1. The summed E-state index contributed by atoms with van der Waals surface area (Å²) in [6.45, 7) is 3.67. The van der Waals surface area contributed by atoms with Gasteiger partial charge < -0.3 is 19.3 Å². The van der Waals surface area contributed by atoms with Gasteiger partial charge in [0.15, 0.2) is 11.5 Å². The van der Waals surface area contributed by atoms with Crippen LogP contribution in [-0.4, -0.2) is 32.4 Å². The third-order valence-electron chi connectivity index (χ3n) is 4.15. The van der Waals surface area contributed by atoms with E-state index in [1.807, 2.05) is 12.1 Å². The first-order chi connectivity index (χ1) is 12.0. The standard InChI is InChI=1S/C20H24O5/c1-6-8-13-9-7-10-14-15(11-12(2)20(21)22)17(23-3)19(25-5)18(24-4)16(13)14/h7,9-11H,6,8H2,1-5H3,(H,21,22). The Morgan fingerprint density at radius 3 is 2.24 bits per heavy atom. The minimum absolute atomic E-state index is 0.215. The monoisotopic (exact) mass is 344 g/mol. The molecule has 0 aliphatic rings. The van der Waals surface area contributed by atoms with Gasteiger partial charge in [-0.15, -0.1) is 0 Å². The molecule has 0 saturated carbocycles. The molecule has 0 aromatic heterocycles. The summed E-state index contributed by atoms with van der Waals surface area (Å²) in [5.74, 6) is 0.546. The van der Waals surface area contributed by atoms with Gasteiger partial charge in [0.2, 0.25) is 5.75 Å². The number of rotatable bonds is 7. The lowest BCUT2D eigenvalue weighted by atomic mass is 9.94. The second-order valence-corrected chi connectivity index (χ2v) is 5.74. The molecule has 0 bridgehead atoms. The number of carboxylic acid groups (broad SMARTS) is 1. The van der Waals surface area contributed by atoms with Crippen molar-refractivity contribution in [3.63, 3.8) is 0 Å². The third kappa shape index (κ3) is 3.40.